The number of ether oxygens (including phenoxy) is 4. The molecule has 3 aliphatic heterocycles. The average Bonchev–Trinajstić information content (AvgIpc) is 3.27. The van der Waals surface area contributed by atoms with Crippen molar-refractivity contribution in [3.05, 3.63) is 69.4 Å². The van der Waals surface area contributed by atoms with Crippen LogP contribution in [0.2, 0.25) is 0 Å². The molecule has 55 heavy (non-hydrogen) atoms. The second-order valence-electron chi connectivity index (χ2n) is 17.2. The number of fused-ring (bicyclic) bond motifs is 2. The summed E-state index contributed by atoms with van der Waals surface area (Å²) in [5, 5.41) is 15.2. The summed E-state index contributed by atoms with van der Waals surface area (Å²) in [5.74, 6) is -1.47. The lowest BCUT2D eigenvalue weighted by atomic mass is 9.51. The maximum absolute atomic E-state index is 15.0. The molecule has 0 aromatic heterocycles. The van der Waals surface area contributed by atoms with E-state index >= 15 is 0 Å². The van der Waals surface area contributed by atoms with Gasteiger partial charge in [-0.2, -0.15) is 0 Å². The van der Waals surface area contributed by atoms with Crippen molar-refractivity contribution in [2.45, 2.75) is 129 Å². The summed E-state index contributed by atoms with van der Waals surface area (Å²) in [6.45, 7) is 18.3. The van der Waals surface area contributed by atoms with Gasteiger partial charge < -0.3 is 35.1 Å². The number of ketones is 2. The Morgan fingerprint density at radius 2 is 1.75 bits per heavy atom. The fraction of sp³-hybridized carbons (Fsp3) is 0.578. The van der Waals surface area contributed by atoms with Crippen molar-refractivity contribution in [2.24, 2.45) is 17.6 Å². The summed E-state index contributed by atoms with van der Waals surface area (Å²) in [6.07, 6.45) is 16.4. The van der Waals surface area contributed by atoms with Crippen molar-refractivity contribution in [1.29, 1.82) is 0 Å². The van der Waals surface area contributed by atoms with E-state index in [9.17, 15) is 19.5 Å². The fourth-order valence-electron chi connectivity index (χ4n) is 9.20. The Bertz CT molecular complexity index is 1890. The third-order valence-corrected chi connectivity index (χ3v) is 12.0. The van der Waals surface area contributed by atoms with Crippen LogP contribution in [0.3, 0.4) is 0 Å². The minimum atomic E-state index is -1.60. The second-order valence-corrected chi connectivity index (χ2v) is 17.2. The number of carbonyl (C=O) groups excluding carboxylic acids is 3. The minimum Gasteiger partial charge on any atom is -0.506 e. The summed E-state index contributed by atoms with van der Waals surface area (Å²) < 4.78 is 26.6. The molecule has 1 aromatic rings. The van der Waals surface area contributed by atoms with Gasteiger partial charge in [0, 0.05) is 48.1 Å². The lowest BCUT2D eigenvalue weighted by Gasteiger charge is -2.56. The third-order valence-electron chi connectivity index (χ3n) is 12.0. The van der Waals surface area contributed by atoms with E-state index in [1.54, 1.807) is 19.1 Å². The van der Waals surface area contributed by atoms with Crippen LogP contribution in [0.1, 0.15) is 122 Å². The van der Waals surface area contributed by atoms with Crippen LogP contribution in [0.4, 0.5) is 0 Å². The number of allylic oxidation sites excluding steroid dienone is 5. The van der Waals surface area contributed by atoms with Crippen LogP contribution in [-0.2, 0) is 25.5 Å². The molecule has 1 aromatic carbocycles. The number of aromatic hydroxyl groups is 1. The Hall–Kier alpha value is -3.99. The lowest BCUT2D eigenvalue weighted by molar-refractivity contribution is -0.171. The molecule has 0 radical (unpaired) electrons. The quantitative estimate of drug-likeness (QED) is 0.0674. The molecule has 0 amide bonds. The molecular formula is C45H60N2O8. The molecule has 2 fully saturated rings. The Morgan fingerprint density at radius 3 is 2.45 bits per heavy atom. The monoisotopic (exact) mass is 756 g/mol. The van der Waals surface area contributed by atoms with Gasteiger partial charge in [-0.3, -0.25) is 9.59 Å². The van der Waals surface area contributed by atoms with Gasteiger partial charge in [0.2, 0.25) is 0 Å². The second kappa shape index (κ2) is 15.5. The molecule has 5 unspecified atom stereocenters. The molecule has 1 saturated heterocycles. The Balaban J connectivity index is 1.38. The Kier molecular flexibility index (Phi) is 11.5. The molecular weight excluding hydrogens is 697 g/mol. The predicted octanol–water partition coefficient (Wildman–Crippen LogP) is 7.42. The molecule has 3 heterocycles. The SMILES string of the molecule is CC(C)=CCCC1(C)C=Cc2c(O)c3c(c(CC=C(C)C)c2O1)OC12C(=CC4CC1C(C)(C)OC2(C/C=C(/C)C(=O)OCCCCCNCCN)C4=O)C3=O. The molecule has 4 bridgehead atoms. The maximum atomic E-state index is 15.0. The highest BCUT2D eigenvalue weighted by Gasteiger charge is 2.81. The zero-order chi connectivity index (χ0) is 39.9. The normalized spacial score (nSPS) is 28.0. The Labute approximate surface area is 326 Å². The van der Waals surface area contributed by atoms with Gasteiger partial charge in [0.1, 0.15) is 28.4 Å². The van der Waals surface area contributed by atoms with E-state index in [1.807, 2.05) is 46.8 Å². The molecule has 6 aliphatic rings. The first-order valence-electron chi connectivity index (χ1n) is 20.0. The number of rotatable bonds is 16. The highest BCUT2D eigenvalue weighted by Crippen LogP contribution is 2.68. The molecule has 298 valence electrons. The number of hydrogen-bond acceptors (Lipinski definition) is 10. The van der Waals surface area contributed by atoms with E-state index in [0.717, 1.165) is 44.3 Å². The molecule has 5 atom stereocenters. The van der Waals surface area contributed by atoms with E-state index in [1.165, 1.54) is 5.57 Å². The zero-order valence-electron chi connectivity index (χ0n) is 34.0. The highest BCUT2D eigenvalue weighted by molar-refractivity contribution is 6.19. The van der Waals surface area contributed by atoms with E-state index in [4.69, 9.17) is 24.7 Å². The van der Waals surface area contributed by atoms with Gasteiger partial charge in [0.05, 0.1) is 17.8 Å². The fourth-order valence-corrected chi connectivity index (χ4v) is 9.20. The number of phenolic OH excluding ortho intramolecular Hbond substituents is 1. The zero-order valence-corrected chi connectivity index (χ0v) is 34.0. The van der Waals surface area contributed by atoms with Crippen molar-refractivity contribution in [3.63, 3.8) is 0 Å². The average molecular weight is 757 g/mol. The van der Waals surface area contributed by atoms with Gasteiger partial charge in [-0.15, -0.1) is 0 Å². The number of unbranched alkanes of at least 4 members (excludes halogenated alkanes) is 2. The van der Waals surface area contributed by atoms with Crippen molar-refractivity contribution in [3.8, 4) is 17.2 Å². The molecule has 1 spiro atoms. The van der Waals surface area contributed by atoms with E-state index in [0.29, 0.717) is 53.8 Å². The van der Waals surface area contributed by atoms with Crippen LogP contribution in [0.15, 0.2) is 52.7 Å². The number of phenols is 1. The number of nitrogens with two attached hydrogens (primary N) is 1. The molecule has 1 saturated carbocycles. The predicted molar refractivity (Wildman–Crippen MR) is 213 cm³/mol. The van der Waals surface area contributed by atoms with Gasteiger partial charge in [-0.25, -0.2) is 4.79 Å². The van der Waals surface area contributed by atoms with E-state index in [-0.39, 0.29) is 47.6 Å². The van der Waals surface area contributed by atoms with Crippen molar-refractivity contribution in [2.75, 3.05) is 26.2 Å². The van der Waals surface area contributed by atoms with Crippen molar-refractivity contribution >= 4 is 23.6 Å². The van der Waals surface area contributed by atoms with Crippen molar-refractivity contribution in [1.82, 2.24) is 5.32 Å². The van der Waals surface area contributed by atoms with Crippen LogP contribution in [0, 0.1) is 11.8 Å². The van der Waals surface area contributed by atoms with E-state index < -0.39 is 34.3 Å². The largest absolute Gasteiger partial charge is 0.506 e. The first-order chi connectivity index (χ1) is 26.0. The standard InChI is InChI=1S/C45H60N2O8/c1-27(2)13-12-18-43(8)19-17-31-36(48)35-37(49)33-25-30-26-34-42(6,7)55-44(40(30)50,20-16-29(5)41(51)52-24-11-9-10-22-47-23-21-46)45(33,34)54-39(35)32(38(31)53-43)15-14-28(3)4/h13-14,16-17,19,25,30,34,47-48H,9-12,15,18,20-24,26,46H2,1-8H3/b29-16-. The summed E-state index contributed by atoms with van der Waals surface area (Å²) >= 11 is 0. The Morgan fingerprint density at radius 1 is 1.00 bits per heavy atom. The van der Waals surface area contributed by atoms with Gasteiger partial charge >= 0.3 is 5.97 Å². The number of esters is 1. The molecule has 7 rings (SSSR count). The number of benzene rings is 1. The minimum absolute atomic E-state index is 0.0118. The lowest BCUT2D eigenvalue weighted by Crippen LogP contribution is -2.72. The van der Waals surface area contributed by atoms with Crippen LogP contribution in [0.25, 0.3) is 6.08 Å². The number of hydrogen-bond donors (Lipinski definition) is 3. The van der Waals surface area contributed by atoms with Crippen LogP contribution >= 0.6 is 0 Å². The maximum Gasteiger partial charge on any atom is 0.333 e. The van der Waals surface area contributed by atoms with Crippen molar-refractivity contribution < 1.29 is 38.4 Å². The molecule has 3 aliphatic carbocycles. The molecule has 4 N–H and O–H groups in total. The summed E-state index contributed by atoms with van der Waals surface area (Å²) in [5.41, 5.74) is 5.02. The van der Waals surface area contributed by atoms with Crippen LogP contribution < -0.4 is 20.5 Å². The van der Waals surface area contributed by atoms with Gasteiger partial charge in [-0.1, -0.05) is 35.5 Å². The van der Waals surface area contributed by atoms with Gasteiger partial charge in [0.15, 0.2) is 22.8 Å². The topological polar surface area (TPSA) is 146 Å². The van der Waals surface area contributed by atoms with E-state index in [2.05, 4.69) is 31.3 Å². The summed E-state index contributed by atoms with van der Waals surface area (Å²) in [6, 6.07) is 0. The first-order valence-corrected chi connectivity index (χ1v) is 20.0. The van der Waals surface area contributed by atoms with Gasteiger partial charge in [-0.05, 0) is 119 Å². The van der Waals surface area contributed by atoms with Crippen LogP contribution in [0.5, 0.6) is 17.2 Å². The smallest absolute Gasteiger partial charge is 0.333 e. The number of carbonyl (C=O) groups is 3. The summed E-state index contributed by atoms with van der Waals surface area (Å²) in [4.78, 5) is 42.8. The number of nitrogens with one attached hydrogen (secondary N) is 1. The third kappa shape index (κ3) is 7.15. The first kappa shape index (κ1) is 40.7. The summed E-state index contributed by atoms with van der Waals surface area (Å²) in [7, 11) is 0. The van der Waals surface area contributed by atoms with Gasteiger partial charge in [0.25, 0.3) is 0 Å². The number of Topliss-reactive ketones (excluding diaryl/α,β-unsaturated/α-hetero) is 2. The molecule has 10 nitrogen and oxygen atoms in total. The highest BCUT2D eigenvalue weighted by atomic mass is 16.6. The molecule has 10 heteroatoms. The van der Waals surface area contributed by atoms with Crippen LogP contribution in [-0.4, -0.2) is 71.3 Å².